The lowest BCUT2D eigenvalue weighted by Gasteiger charge is -2.16. The average molecular weight is 270 g/mol. The standard InChI is InChI=1S/C17H18O3/c1-12-7-9-14(10-8-12)11-16(17(18)19)20-15-6-4-3-5-13(15)2/h3-10,16H,11H2,1-2H3,(H,18,19)/t16-/m0/s1. The van der Waals surface area contributed by atoms with Gasteiger partial charge in [0.25, 0.3) is 0 Å². The average Bonchev–Trinajstić information content (AvgIpc) is 2.42. The fourth-order valence-electron chi connectivity index (χ4n) is 1.96. The lowest BCUT2D eigenvalue weighted by atomic mass is 10.1. The Kier molecular flexibility index (Phi) is 4.41. The molecular formula is C17H18O3. The third-order valence-corrected chi connectivity index (χ3v) is 3.18. The van der Waals surface area contributed by atoms with Gasteiger partial charge in [-0.25, -0.2) is 4.79 Å². The molecule has 104 valence electrons. The molecule has 3 nitrogen and oxygen atoms in total. The van der Waals surface area contributed by atoms with Gasteiger partial charge in [0.05, 0.1) is 0 Å². The van der Waals surface area contributed by atoms with Gasteiger partial charge in [0.15, 0.2) is 6.10 Å². The van der Waals surface area contributed by atoms with Gasteiger partial charge in [-0.15, -0.1) is 0 Å². The fourth-order valence-corrected chi connectivity index (χ4v) is 1.96. The molecule has 0 amide bonds. The van der Waals surface area contributed by atoms with Gasteiger partial charge in [0, 0.05) is 6.42 Å². The fraction of sp³-hybridized carbons (Fsp3) is 0.235. The predicted octanol–water partition coefficient (Wildman–Crippen LogP) is 3.38. The Bertz CT molecular complexity index is 587. The second kappa shape index (κ2) is 6.24. The summed E-state index contributed by atoms with van der Waals surface area (Å²) in [6.07, 6.45) is -0.525. The van der Waals surface area contributed by atoms with E-state index in [1.807, 2.05) is 56.3 Å². The van der Waals surface area contributed by atoms with Gasteiger partial charge in [-0.05, 0) is 31.0 Å². The molecule has 0 bridgehead atoms. The molecule has 2 aromatic carbocycles. The van der Waals surface area contributed by atoms with Crippen molar-refractivity contribution in [2.24, 2.45) is 0 Å². The minimum Gasteiger partial charge on any atom is -0.478 e. The number of benzene rings is 2. The number of ether oxygens (including phenoxy) is 1. The summed E-state index contributed by atoms with van der Waals surface area (Å²) in [6, 6.07) is 15.3. The molecule has 0 aromatic heterocycles. The van der Waals surface area contributed by atoms with E-state index in [1.165, 1.54) is 0 Å². The Morgan fingerprint density at radius 1 is 1.10 bits per heavy atom. The van der Waals surface area contributed by atoms with Crippen molar-refractivity contribution in [1.29, 1.82) is 0 Å². The van der Waals surface area contributed by atoms with Gasteiger partial charge in [0.2, 0.25) is 0 Å². The van der Waals surface area contributed by atoms with E-state index in [0.29, 0.717) is 12.2 Å². The van der Waals surface area contributed by atoms with E-state index in [4.69, 9.17) is 4.74 Å². The number of rotatable bonds is 5. The van der Waals surface area contributed by atoms with E-state index in [0.717, 1.165) is 16.7 Å². The van der Waals surface area contributed by atoms with Crippen molar-refractivity contribution in [3.8, 4) is 5.75 Å². The maximum absolute atomic E-state index is 11.4. The normalized spacial score (nSPS) is 11.9. The van der Waals surface area contributed by atoms with Crippen molar-refractivity contribution in [2.75, 3.05) is 0 Å². The van der Waals surface area contributed by atoms with Crippen LogP contribution in [-0.2, 0) is 11.2 Å². The van der Waals surface area contributed by atoms with Gasteiger partial charge >= 0.3 is 5.97 Å². The van der Waals surface area contributed by atoms with Crippen LogP contribution in [0.25, 0.3) is 0 Å². The Morgan fingerprint density at radius 2 is 1.75 bits per heavy atom. The maximum atomic E-state index is 11.4. The van der Waals surface area contributed by atoms with E-state index in [9.17, 15) is 9.90 Å². The number of carboxylic acid groups (broad SMARTS) is 1. The number of aryl methyl sites for hydroxylation is 2. The van der Waals surface area contributed by atoms with E-state index in [-0.39, 0.29) is 0 Å². The zero-order valence-corrected chi connectivity index (χ0v) is 11.7. The number of carbonyl (C=O) groups is 1. The quantitative estimate of drug-likeness (QED) is 0.906. The molecule has 3 heteroatoms. The lowest BCUT2D eigenvalue weighted by Crippen LogP contribution is -2.29. The zero-order chi connectivity index (χ0) is 14.5. The smallest absolute Gasteiger partial charge is 0.345 e. The first-order chi connectivity index (χ1) is 9.56. The summed E-state index contributed by atoms with van der Waals surface area (Å²) in [5.74, 6) is -0.333. The largest absolute Gasteiger partial charge is 0.478 e. The number of hydrogen-bond donors (Lipinski definition) is 1. The van der Waals surface area contributed by atoms with Crippen molar-refractivity contribution >= 4 is 5.97 Å². The van der Waals surface area contributed by atoms with Gasteiger partial charge in [0.1, 0.15) is 5.75 Å². The molecule has 2 aromatic rings. The van der Waals surface area contributed by atoms with Gasteiger partial charge in [-0.2, -0.15) is 0 Å². The highest BCUT2D eigenvalue weighted by atomic mass is 16.5. The molecule has 0 aliphatic carbocycles. The van der Waals surface area contributed by atoms with Crippen LogP contribution in [0.2, 0.25) is 0 Å². The first-order valence-corrected chi connectivity index (χ1v) is 6.57. The third-order valence-electron chi connectivity index (χ3n) is 3.18. The summed E-state index contributed by atoms with van der Waals surface area (Å²) in [5.41, 5.74) is 3.04. The van der Waals surface area contributed by atoms with Crippen LogP contribution in [0.4, 0.5) is 0 Å². The van der Waals surface area contributed by atoms with Crippen LogP contribution in [-0.4, -0.2) is 17.2 Å². The highest BCUT2D eigenvalue weighted by Gasteiger charge is 2.20. The van der Waals surface area contributed by atoms with E-state index >= 15 is 0 Å². The summed E-state index contributed by atoms with van der Waals surface area (Å²) in [6.45, 7) is 3.91. The molecule has 0 saturated heterocycles. The molecule has 0 fully saturated rings. The predicted molar refractivity (Wildman–Crippen MR) is 78.1 cm³/mol. The zero-order valence-electron chi connectivity index (χ0n) is 11.7. The molecule has 0 aliphatic heterocycles. The Balaban J connectivity index is 2.14. The lowest BCUT2D eigenvalue weighted by molar-refractivity contribution is -0.145. The van der Waals surface area contributed by atoms with Gasteiger partial charge in [-0.3, -0.25) is 0 Å². The Labute approximate surface area is 118 Å². The van der Waals surface area contributed by atoms with Crippen LogP contribution in [0.15, 0.2) is 48.5 Å². The Morgan fingerprint density at radius 3 is 2.35 bits per heavy atom. The molecule has 20 heavy (non-hydrogen) atoms. The van der Waals surface area contributed by atoms with E-state index in [1.54, 1.807) is 6.07 Å². The first-order valence-electron chi connectivity index (χ1n) is 6.57. The summed E-state index contributed by atoms with van der Waals surface area (Å²) in [7, 11) is 0. The highest BCUT2D eigenvalue weighted by Crippen LogP contribution is 2.19. The monoisotopic (exact) mass is 270 g/mol. The van der Waals surface area contributed by atoms with E-state index in [2.05, 4.69) is 0 Å². The molecule has 0 heterocycles. The summed E-state index contributed by atoms with van der Waals surface area (Å²) in [5, 5.41) is 9.32. The number of hydrogen-bond acceptors (Lipinski definition) is 2. The van der Waals surface area contributed by atoms with Crippen molar-refractivity contribution in [3.63, 3.8) is 0 Å². The topological polar surface area (TPSA) is 46.5 Å². The van der Waals surface area contributed by atoms with Crippen LogP contribution >= 0.6 is 0 Å². The molecule has 0 radical (unpaired) electrons. The SMILES string of the molecule is Cc1ccc(C[C@H](Oc2ccccc2C)C(=O)O)cc1. The molecule has 0 aliphatic rings. The van der Waals surface area contributed by atoms with Crippen LogP contribution in [0.1, 0.15) is 16.7 Å². The minimum absolute atomic E-state index is 0.351. The molecule has 0 spiro atoms. The molecule has 1 N–H and O–H groups in total. The number of carboxylic acids is 1. The van der Waals surface area contributed by atoms with Crippen LogP contribution in [0.3, 0.4) is 0 Å². The highest BCUT2D eigenvalue weighted by molar-refractivity contribution is 5.73. The van der Waals surface area contributed by atoms with Crippen molar-refractivity contribution in [1.82, 2.24) is 0 Å². The summed E-state index contributed by atoms with van der Waals surface area (Å²) >= 11 is 0. The molecule has 1 atom stereocenters. The van der Waals surface area contributed by atoms with Crippen LogP contribution in [0, 0.1) is 13.8 Å². The maximum Gasteiger partial charge on any atom is 0.345 e. The first kappa shape index (κ1) is 14.1. The second-order valence-electron chi connectivity index (χ2n) is 4.90. The summed E-state index contributed by atoms with van der Waals surface area (Å²) < 4.78 is 5.64. The third kappa shape index (κ3) is 3.60. The van der Waals surface area contributed by atoms with E-state index < -0.39 is 12.1 Å². The molecule has 0 unspecified atom stereocenters. The minimum atomic E-state index is -0.950. The summed E-state index contributed by atoms with van der Waals surface area (Å²) in [4.78, 5) is 11.4. The Hall–Kier alpha value is -2.29. The second-order valence-corrected chi connectivity index (χ2v) is 4.90. The molecule has 2 rings (SSSR count). The van der Waals surface area contributed by atoms with Crippen molar-refractivity contribution < 1.29 is 14.6 Å². The number of para-hydroxylation sites is 1. The van der Waals surface area contributed by atoms with Crippen molar-refractivity contribution in [3.05, 3.63) is 65.2 Å². The van der Waals surface area contributed by atoms with Gasteiger partial charge in [-0.1, -0.05) is 48.0 Å². The molecular weight excluding hydrogens is 252 g/mol. The molecule has 0 saturated carbocycles. The van der Waals surface area contributed by atoms with Crippen LogP contribution in [0.5, 0.6) is 5.75 Å². The number of aliphatic carboxylic acids is 1. The van der Waals surface area contributed by atoms with Crippen molar-refractivity contribution in [2.45, 2.75) is 26.4 Å². The van der Waals surface area contributed by atoms with Crippen LogP contribution < -0.4 is 4.74 Å². The van der Waals surface area contributed by atoms with Gasteiger partial charge < -0.3 is 9.84 Å².